The van der Waals surface area contributed by atoms with Crippen LogP contribution in [0.1, 0.15) is 26.7 Å². The lowest BCUT2D eigenvalue weighted by molar-refractivity contribution is -0.147. The third-order valence-electron chi connectivity index (χ3n) is 3.92. The summed E-state index contributed by atoms with van der Waals surface area (Å²) in [5.41, 5.74) is 0.232. The number of ether oxygens (including phenoxy) is 2. The SMILES string of the molecule is CC1(C)CCCNC1CNC(=O)C1COCCO1.Cl. The Morgan fingerprint density at radius 1 is 1.42 bits per heavy atom. The Kier molecular flexibility index (Phi) is 6.53. The van der Waals surface area contributed by atoms with Crippen molar-refractivity contribution in [2.75, 3.05) is 32.9 Å². The number of piperidine rings is 1. The van der Waals surface area contributed by atoms with Crippen molar-refractivity contribution in [1.82, 2.24) is 10.6 Å². The lowest BCUT2D eigenvalue weighted by atomic mass is 9.77. The number of amides is 1. The fourth-order valence-electron chi connectivity index (χ4n) is 2.57. The Hall–Kier alpha value is -0.360. The summed E-state index contributed by atoms with van der Waals surface area (Å²) in [5, 5.41) is 6.45. The van der Waals surface area contributed by atoms with E-state index in [9.17, 15) is 4.79 Å². The summed E-state index contributed by atoms with van der Waals surface area (Å²) in [6, 6.07) is 0.333. The molecule has 2 aliphatic rings. The zero-order valence-electron chi connectivity index (χ0n) is 11.7. The first-order valence-electron chi connectivity index (χ1n) is 6.80. The smallest absolute Gasteiger partial charge is 0.251 e. The molecule has 19 heavy (non-hydrogen) atoms. The highest BCUT2D eigenvalue weighted by Crippen LogP contribution is 2.29. The van der Waals surface area contributed by atoms with Gasteiger partial charge in [0.1, 0.15) is 0 Å². The first-order valence-corrected chi connectivity index (χ1v) is 6.80. The van der Waals surface area contributed by atoms with Crippen LogP contribution in [0.3, 0.4) is 0 Å². The molecule has 112 valence electrons. The van der Waals surface area contributed by atoms with Crippen LogP contribution >= 0.6 is 12.4 Å². The summed E-state index contributed by atoms with van der Waals surface area (Å²) in [5.74, 6) is -0.0575. The van der Waals surface area contributed by atoms with Gasteiger partial charge in [-0.25, -0.2) is 0 Å². The first-order chi connectivity index (χ1) is 8.59. The van der Waals surface area contributed by atoms with Crippen LogP contribution in [0.4, 0.5) is 0 Å². The molecule has 0 aromatic carbocycles. The van der Waals surface area contributed by atoms with E-state index in [2.05, 4.69) is 24.5 Å². The molecule has 0 bridgehead atoms. The molecule has 2 unspecified atom stereocenters. The Morgan fingerprint density at radius 2 is 2.21 bits per heavy atom. The molecule has 2 N–H and O–H groups in total. The maximum absolute atomic E-state index is 11.9. The second-order valence-corrected chi connectivity index (χ2v) is 5.78. The van der Waals surface area contributed by atoms with E-state index in [-0.39, 0.29) is 23.7 Å². The minimum atomic E-state index is -0.439. The quantitative estimate of drug-likeness (QED) is 0.805. The summed E-state index contributed by atoms with van der Waals surface area (Å²) >= 11 is 0. The number of hydrogen-bond acceptors (Lipinski definition) is 4. The predicted octanol–water partition coefficient (Wildman–Crippen LogP) is 0.718. The number of hydrogen-bond donors (Lipinski definition) is 2. The number of halogens is 1. The van der Waals surface area contributed by atoms with Crippen molar-refractivity contribution >= 4 is 18.3 Å². The number of carbonyl (C=O) groups is 1. The van der Waals surface area contributed by atoms with Crippen LogP contribution in [0, 0.1) is 5.41 Å². The van der Waals surface area contributed by atoms with Gasteiger partial charge in [0.25, 0.3) is 5.91 Å². The van der Waals surface area contributed by atoms with Crippen LogP contribution in [-0.4, -0.2) is 51.0 Å². The molecule has 0 radical (unpaired) electrons. The Bertz CT molecular complexity index is 294. The zero-order chi connectivity index (χ0) is 13.0. The van der Waals surface area contributed by atoms with Gasteiger partial charge in [0.05, 0.1) is 19.8 Å². The topological polar surface area (TPSA) is 59.6 Å². The Morgan fingerprint density at radius 3 is 2.84 bits per heavy atom. The standard InChI is InChI=1S/C13H24N2O3.ClH/c1-13(2)4-3-5-14-11(13)8-15-12(16)10-9-17-6-7-18-10;/h10-11,14H,3-9H2,1-2H3,(H,15,16);1H. The molecule has 2 atom stereocenters. The second kappa shape index (κ2) is 7.43. The molecule has 2 saturated heterocycles. The molecule has 2 fully saturated rings. The van der Waals surface area contributed by atoms with Crippen molar-refractivity contribution in [3.63, 3.8) is 0 Å². The van der Waals surface area contributed by atoms with Crippen molar-refractivity contribution < 1.29 is 14.3 Å². The van der Waals surface area contributed by atoms with Gasteiger partial charge < -0.3 is 20.1 Å². The molecule has 0 aromatic heterocycles. The lowest BCUT2D eigenvalue weighted by Gasteiger charge is -2.39. The average molecular weight is 293 g/mol. The zero-order valence-corrected chi connectivity index (χ0v) is 12.6. The molecular formula is C13H25ClN2O3. The van der Waals surface area contributed by atoms with Gasteiger partial charge in [0.15, 0.2) is 6.10 Å². The third kappa shape index (κ3) is 4.60. The van der Waals surface area contributed by atoms with Crippen molar-refractivity contribution in [2.45, 2.75) is 38.8 Å². The third-order valence-corrected chi connectivity index (χ3v) is 3.92. The van der Waals surface area contributed by atoms with Gasteiger partial charge in [-0.15, -0.1) is 12.4 Å². The first kappa shape index (κ1) is 16.7. The fourth-order valence-corrected chi connectivity index (χ4v) is 2.57. The molecular weight excluding hydrogens is 268 g/mol. The highest BCUT2D eigenvalue weighted by Gasteiger charge is 2.32. The minimum Gasteiger partial charge on any atom is -0.376 e. The molecule has 2 aliphatic heterocycles. The summed E-state index contributed by atoms with van der Waals surface area (Å²) in [6.45, 7) is 7.64. The van der Waals surface area contributed by atoms with Gasteiger partial charge in [-0.05, 0) is 24.8 Å². The van der Waals surface area contributed by atoms with Crippen LogP contribution in [0.5, 0.6) is 0 Å². The summed E-state index contributed by atoms with van der Waals surface area (Å²) in [6.07, 6.45) is 1.96. The van der Waals surface area contributed by atoms with Gasteiger partial charge in [-0.1, -0.05) is 13.8 Å². The second-order valence-electron chi connectivity index (χ2n) is 5.78. The summed E-state index contributed by atoms with van der Waals surface area (Å²) in [7, 11) is 0. The maximum atomic E-state index is 11.9. The van der Waals surface area contributed by atoms with Gasteiger partial charge >= 0.3 is 0 Å². The molecule has 0 saturated carbocycles. The summed E-state index contributed by atoms with van der Waals surface area (Å²) < 4.78 is 10.6. The van der Waals surface area contributed by atoms with E-state index in [1.54, 1.807) is 0 Å². The number of rotatable bonds is 3. The molecule has 0 spiro atoms. The highest BCUT2D eigenvalue weighted by atomic mass is 35.5. The highest BCUT2D eigenvalue weighted by molar-refractivity contribution is 5.85. The van der Waals surface area contributed by atoms with Crippen molar-refractivity contribution in [2.24, 2.45) is 5.41 Å². The average Bonchev–Trinajstić information content (AvgIpc) is 2.38. The van der Waals surface area contributed by atoms with Gasteiger partial charge in [0.2, 0.25) is 0 Å². The molecule has 2 heterocycles. The monoisotopic (exact) mass is 292 g/mol. The molecule has 1 amide bonds. The lowest BCUT2D eigenvalue weighted by Crippen LogP contribution is -2.54. The van der Waals surface area contributed by atoms with Crippen LogP contribution in [0.2, 0.25) is 0 Å². The van der Waals surface area contributed by atoms with Crippen molar-refractivity contribution in [3.8, 4) is 0 Å². The van der Waals surface area contributed by atoms with Crippen LogP contribution in [0.25, 0.3) is 0 Å². The number of carbonyl (C=O) groups excluding carboxylic acids is 1. The maximum Gasteiger partial charge on any atom is 0.251 e. The Balaban J connectivity index is 0.00000180. The van der Waals surface area contributed by atoms with E-state index in [1.807, 2.05) is 0 Å². The van der Waals surface area contributed by atoms with Gasteiger partial charge in [-0.2, -0.15) is 0 Å². The largest absolute Gasteiger partial charge is 0.376 e. The van der Waals surface area contributed by atoms with Gasteiger partial charge in [0, 0.05) is 12.6 Å². The minimum absolute atomic E-state index is 0. The molecule has 6 heteroatoms. The van der Waals surface area contributed by atoms with Crippen molar-refractivity contribution in [1.29, 1.82) is 0 Å². The van der Waals surface area contributed by atoms with Crippen LogP contribution < -0.4 is 10.6 Å². The van der Waals surface area contributed by atoms with Crippen molar-refractivity contribution in [3.05, 3.63) is 0 Å². The van der Waals surface area contributed by atoms with E-state index in [0.29, 0.717) is 32.4 Å². The molecule has 0 aromatic rings. The molecule has 2 rings (SSSR count). The fraction of sp³-hybridized carbons (Fsp3) is 0.923. The van der Waals surface area contributed by atoms with E-state index in [1.165, 1.54) is 12.8 Å². The molecule has 5 nitrogen and oxygen atoms in total. The summed E-state index contributed by atoms with van der Waals surface area (Å²) in [4.78, 5) is 11.9. The van der Waals surface area contributed by atoms with Crippen LogP contribution in [-0.2, 0) is 14.3 Å². The van der Waals surface area contributed by atoms with E-state index in [0.717, 1.165) is 6.54 Å². The van der Waals surface area contributed by atoms with Crippen LogP contribution in [0.15, 0.2) is 0 Å². The normalized spacial score (nSPS) is 30.2. The van der Waals surface area contributed by atoms with E-state index < -0.39 is 6.10 Å². The van der Waals surface area contributed by atoms with E-state index in [4.69, 9.17) is 9.47 Å². The Labute approximate surface area is 121 Å². The number of nitrogens with one attached hydrogen (secondary N) is 2. The van der Waals surface area contributed by atoms with Gasteiger partial charge in [-0.3, -0.25) is 4.79 Å². The predicted molar refractivity (Wildman–Crippen MR) is 75.6 cm³/mol. The molecule has 0 aliphatic carbocycles. The van der Waals surface area contributed by atoms with E-state index >= 15 is 0 Å².